The van der Waals surface area contributed by atoms with E-state index in [4.69, 9.17) is 25.8 Å². The highest BCUT2D eigenvalue weighted by Crippen LogP contribution is 2.24. The van der Waals surface area contributed by atoms with E-state index in [0.29, 0.717) is 36.0 Å². The fraction of sp³-hybridized carbons (Fsp3) is 0.480. The number of hydrogen-bond acceptors (Lipinski definition) is 6. The van der Waals surface area contributed by atoms with E-state index in [-0.39, 0.29) is 30.0 Å². The molecular formula is C25H31ClN2O6. The topological polar surface area (TPSA) is 87.1 Å². The Labute approximate surface area is 204 Å². The molecule has 1 saturated heterocycles. The number of hydrogen-bond donors (Lipinski definition) is 0. The summed E-state index contributed by atoms with van der Waals surface area (Å²) in [7, 11) is 1.29. The maximum atomic E-state index is 12.7. The summed E-state index contributed by atoms with van der Waals surface area (Å²) in [6.07, 6.45) is 2.91. The van der Waals surface area contributed by atoms with Gasteiger partial charge in [-0.25, -0.2) is 9.59 Å². The molecule has 0 bridgehead atoms. The average molecular weight is 491 g/mol. The molecule has 0 atom stereocenters. The van der Waals surface area contributed by atoms with E-state index >= 15 is 0 Å². The Kier molecular flexibility index (Phi) is 8.25. The second kappa shape index (κ2) is 11.0. The van der Waals surface area contributed by atoms with Gasteiger partial charge in [0.25, 0.3) is 0 Å². The van der Waals surface area contributed by atoms with E-state index in [1.807, 2.05) is 20.8 Å². The molecule has 1 aromatic heterocycles. The van der Waals surface area contributed by atoms with Gasteiger partial charge in [0.15, 0.2) is 5.78 Å². The van der Waals surface area contributed by atoms with E-state index in [1.54, 1.807) is 41.4 Å². The minimum Gasteiger partial charge on any atom is -0.492 e. The van der Waals surface area contributed by atoms with Crippen molar-refractivity contribution in [1.29, 1.82) is 0 Å². The second-order valence-corrected chi connectivity index (χ2v) is 9.77. The number of esters is 1. The van der Waals surface area contributed by atoms with Gasteiger partial charge in [0.1, 0.15) is 17.0 Å². The maximum Gasteiger partial charge on any atom is 0.410 e. The Balaban J connectivity index is 1.59. The Morgan fingerprint density at radius 2 is 1.82 bits per heavy atom. The third kappa shape index (κ3) is 7.00. The molecule has 1 aliphatic rings. The summed E-state index contributed by atoms with van der Waals surface area (Å²) in [5.74, 6) is -0.00528. The first-order chi connectivity index (χ1) is 16.1. The van der Waals surface area contributed by atoms with Crippen molar-refractivity contribution in [2.75, 3.05) is 26.8 Å². The fourth-order valence-corrected chi connectivity index (χ4v) is 3.89. The van der Waals surface area contributed by atoms with Gasteiger partial charge in [-0.2, -0.15) is 0 Å². The molecule has 0 spiro atoms. The van der Waals surface area contributed by atoms with Crippen molar-refractivity contribution in [2.45, 2.75) is 45.8 Å². The highest BCUT2D eigenvalue weighted by molar-refractivity contribution is 6.31. The van der Waals surface area contributed by atoms with Gasteiger partial charge >= 0.3 is 12.1 Å². The van der Waals surface area contributed by atoms with Gasteiger partial charge in [-0.1, -0.05) is 23.7 Å². The molecule has 8 nitrogen and oxygen atoms in total. The second-order valence-electron chi connectivity index (χ2n) is 9.34. The van der Waals surface area contributed by atoms with Crippen LogP contribution in [0.3, 0.4) is 0 Å². The molecular weight excluding hydrogens is 460 g/mol. The molecule has 0 radical (unpaired) electrons. The summed E-state index contributed by atoms with van der Waals surface area (Å²) >= 11 is 5.99. The number of benzene rings is 1. The fourth-order valence-electron chi connectivity index (χ4n) is 3.70. The van der Waals surface area contributed by atoms with Gasteiger partial charge in [0.05, 0.1) is 20.3 Å². The SMILES string of the molecule is COC(=O)c1cc(OCC2CCN(C(=O)OC(C)(C)C)CC2)cn1CC(=O)c1cccc(Cl)c1. The summed E-state index contributed by atoms with van der Waals surface area (Å²) < 4.78 is 17.8. The quantitative estimate of drug-likeness (QED) is 0.408. The number of Topliss-reactive ketones (excluding diaryl/α,β-unsaturated/α-hetero) is 1. The van der Waals surface area contributed by atoms with Crippen LogP contribution in [0.2, 0.25) is 5.02 Å². The van der Waals surface area contributed by atoms with E-state index in [1.165, 1.54) is 11.7 Å². The van der Waals surface area contributed by atoms with E-state index in [9.17, 15) is 14.4 Å². The normalized spacial score (nSPS) is 14.6. The van der Waals surface area contributed by atoms with Crippen LogP contribution in [-0.2, 0) is 16.0 Å². The molecule has 1 fully saturated rings. The third-order valence-corrected chi connectivity index (χ3v) is 5.71. The molecule has 1 aliphatic heterocycles. The van der Waals surface area contributed by atoms with Crippen molar-refractivity contribution in [3.8, 4) is 5.75 Å². The lowest BCUT2D eigenvalue weighted by molar-refractivity contribution is 0.0164. The number of piperidine rings is 1. The van der Waals surface area contributed by atoms with Crippen LogP contribution in [0.5, 0.6) is 5.75 Å². The standard InChI is InChI=1S/C25H31ClN2O6/c1-25(2,3)34-24(31)27-10-8-17(9-11-27)16-33-20-13-21(23(30)32-4)28(14-20)15-22(29)18-6-5-7-19(26)12-18/h5-7,12-14,17H,8-11,15-16H2,1-4H3. The van der Waals surface area contributed by atoms with Gasteiger partial charge in [0, 0.05) is 35.9 Å². The first kappa shape index (κ1) is 25.6. The van der Waals surface area contributed by atoms with Crippen molar-refractivity contribution in [2.24, 2.45) is 5.92 Å². The minimum absolute atomic E-state index is 0.0532. The lowest BCUT2D eigenvalue weighted by atomic mass is 9.98. The number of likely N-dealkylation sites (tertiary alicyclic amines) is 1. The third-order valence-electron chi connectivity index (χ3n) is 5.48. The number of nitrogens with zero attached hydrogens (tertiary/aromatic N) is 2. The molecule has 3 rings (SSSR count). The number of amides is 1. The molecule has 0 saturated carbocycles. The molecule has 9 heteroatoms. The number of carbonyl (C=O) groups is 3. The van der Waals surface area contributed by atoms with Gasteiger partial charge in [-0.05, 0) is 51.7 Å². The number of aromatic nitrogens is 1. The monoisotopic (exact) mass is 490 g/mol. The predicted octanol–water partition coefficient (Wildman–Crippen LogP) is 4.84. The smallest absolute Gasteiger partial charge is 0.410 e. The van der Waals surface area contributed by atoms with Crippen molar-refractivity contribution in [3.63, 3.8) is 0 Å². The van der Waals surface area contributed by atoms with Gasteiger partial charge in [-0.3, -0.25) is 4.79 Å². The van der Waals surface area contributed by atoms with Crippen LogP contribution in [-0.4, -0.2) is 59.7 Å². The zero-order chi connectivity index (χ0) is 24.9. The molecule has 0 aliphatic carbocycles. The Bertz CT molecular complexity index is 1030. The van der Waals surface area contributed by atoms with Crippen molar-refractivity contribution < 1.29 is 28.6 Å². The Morgan fingerprint density at radius 3 is 2.44 bits per heavy atom. The molecule has 1 amide bonds. The van der Waals surface area contributed by atoms with Crippen LogP contribution in [0.15, 0.2) is 36.5 Å². The number of halogens is 1. The molecule has 0 unspecified atom stereocenters. The summed E-state index contributed by atoms with van der Waals surface area (Å²) in [4.78, 5) is 38.9. The van der Waals surface area contributed by atoms with Crippen molar-refractivity contribution >= 4 is 29.4 Å². The first-order valence-corrected chi connectivity index (χ1v) is 11.6. The van der Waals surface area contributed by atoms with Crippen molar-refractivity contribution in [3.05, 3.63) is 52.8 Å². The van der Waals surface area contributed by atoms with Crippen LogP contribution in [0.4, 0.5) is 4.79 Å². The van der Waals surface area contributed by atoms with Crippen molar-refractivity contribution in [1.82, 2.24) is 9.47 Å². The zero-order valence-corrected chi connectivity index (χ0v) is 20.8. The van der Waals surface area contributed by atoms with E-state index in [2.05, 4.69) is 0 Å². The molecule has 1 aromatic carbocycles. The molecule has 2 aromatic rings. The minimum atomic E-state index is -0.556. The highest BCUT2D eigenvalue weighted by atomic mass is 35.5. The molecule has 2 heterocycles. The number of ether oxygens (including phenoxy) is 3. The lowest BCUT2D eigenvalue weighted by Gasteiger charge is -2.33. The number of ketones is 1. The van der Waals surface area contributed by atoms with Gasteiger partial charge in [0.2, 0.25) is 0 Å². The Hall–Kier alpha value is -3.00. The molecule has 184 valence electrons. The van der Waals surface area contributed by atoms with Crippen LogP contribution in [0.1, 0.15) is 54.5 Å². The summed E-state index contributed by atoms with van der Waals surface area (Å²) in [5, 5.41) is 0.466. The van der Waals surface area contributed by atoms with E-state index in [0.717, 1.165) is 12.8 Å². The average Bonchev–Trinajstić information content (AvgIpc) is 3.19. The zero-order valence-electron chi connectivity index (χ0n) is 20.0. The Morgan fingerprint density at radius 1 is 1.12 bits per heavy atom. The van der Waals surface area contributed by atoms with E-state index < -0.39 is 11.6 Å². The van der Waals surface area contributed by atoms with Crippen LogP contribution >= 0.6 is 11.6 Å². The molecule has 34 heavy (non-hydrogen) atoms. The van der Waals surface area contributed by atoms with Gasteiger partial charge < -0.3 is 23.7 Å². The van der Waals surface area contributed by atoms with Gasteiger partial charge in [-0.15, -0.1) is 0 Å². The van der Waals surface area contributed by atoms with Crippen LogP contribution < -0.4 is 4.74 Å². The summed E-state index contributed by atoms with van der Waals surface area (Å²) in [5.41, 5.74) is 0.166. The number of carbonyl (C=O) groups excluding carboxylic acids is 3. The number of methoxy groups -OCH3 is 1. The predicted molar refractivity (Wildman–Crippen MR) is 128 cm³/mol. The summed E-state index contributed by atoms with van der Waals surface area (Å²) in [6.45, 7) is 7.14. The highest BCUT2D eigenvalue weighted by Gasteiger charge is 2.27. The van der Waals surface area contributed by atoms with Crippen LogP contribution in [0.25, 0.3) is 0 Å². The number of rotatable bonds is 7. The lowest BCUT2D eigenvalue weighted by Crippen LogP contribution is -2.42. The summed E-state index contributed by atoms with van der Waals surface area (Å²) in [6, 6.07) is 8.24. The first-order valence-electron chi connectivity index (χ1n) is 11.2. The largest absolute Gasteiger partial charge is 0.492 e. The molecule has 0 N–H and O–H groups in total. The maximum absolute atomic E-state index is 12.7. The van der Waals surface area contributed by atoms with Crippen LogP contribution in [0, 0.1) is 5.92 Å².